The Kier molecular flexibility index (Phi) is 48.0. The standard InChI is InChI=1S/C50H98/c1-3-5-7-9-11-13-15-17-19-21-23-25-27-29-31-33-35-37-39-41-43-45-47-49-50-48-46-44-42-40-38-36-34-32-30-28-26-24-22-20-18-16-14-12-10-8-6-4-2/h3,49-50H,1,4-48H2,2H3. The lowest BCUT2D eigenvalue weighted by molar-refractivity contribution is 0.519. The van der Waals surface area contributed by atoms with Crippen LogP contribution in [0.15, 0.2) is 24.8 Å². The normalized spacial score (nSPS) is 11.7. The van der Waals surface area contributed by atoms with E-state index in [0.29, 0.717) is 0 Å². The van der Waals surface area contributed by atoms with E-state index in [9.17, 15) is 0 Å². The largest absolute Gasteiger partial charge is 0.103 e. The van der Waals surface area contributed by atoms with E-state index in [1.807, 2.05) is 0 Å². The highest BCUT2D eigenvalue weighted by Gasteiger charge is 1.98. The summed E-state index contributed by atoms with van der Waals surface area (Å²) in [5, 5.41) is 0. The molecule has 0 amide bonds. The van der Waals surface area contributed by atoms with Gasteiger partial charge in [0.1, 0.15) is 0 Å². The van der Waals surface area contributed by atoms with Crippen LogP contribution in [0, 0.1) is 0 Å². The Labute approximate surface area is 319 Å². The van der Waals surface area contributed by atoms with E-state index in [1.54, 1.807) is 0 Å². The minimum absolute atomic E-state index is 1.21. The van der Waals surface area contributed by atoms with E-state index >= 15 is 0 Å². The molecule has 0 aromatic heterocycles. The molecule has 0 spiro atoms. The van der Waals surface area contributed by atoms with Crippen LogP contribution in [0.3, 0.4) is 0 Å². The summed E-state index contributed by atoms with van der Waals surface area (Å²) in [5.74, 6) is 0. The molecule has 0 nitrogen and oxygen atoms in total. The van der Waals surface area contributed by atoms with Crippen LogP contribution in [0.2, 0.25) is 0 Å². The fourth-order valence-electron chi connectivity index (χ4n) is 7.84. The number of rotatable bonds is 46. The van der Waals surface area contributed by atoms with Crippen LogP contribution in [0.5, 0.6) is 0 Å². The Bertz CT molecular complexity index is 601. The average Bonchev–Trinajstić information content (AvgIpc) is 3.13. The minimum Gasteiger partial charge on any atom is -0.103 e. The Morgan fingerprint density at radius 2 is 0.380 bits per heavy atom. The van der Waals surface area contributed by atoms with Crippen molar-refractivity contribution < 1.29 is 0 Å². The maximum absolute atomic E-state index is 3.81. The lowest BCUT2D eigenvalue weighted by Gasteiger charge is -2.04. The predicted octanol–water partition coefficient (Wildman–Crippen LogP) is 19.3. The number of unbranched alkanes of at least 4 members (excludes halogenated alkanes) is 43. The molecule has 0 unspecified atom stereocenters. The number of hydrogen-bond donors (Lipinski definition) is 0. The van der Waals surface area contributed by atoms with Crippen molar-refractivity contribution in [2.24, 2.45) is 0 Å². The van der Waals surface area contributed by atoms with Crippen molar-refractivity contribution in [2.45, 2.75) is 296 Å². The zero-order chi connectivity index (χ0) is 35.9. The molecular weight excluding hydrogens is 601 g/mol. The monoisotopic (exact) mass is 699 g/mol. The molecule has 0 radical (unpaired) electrons. The highest BCUT2D eigenvalue weighted by Crippen LogP contribution is 2.17. The summed E-state index contributed by atoms with van der Waals surface area (Å²) in [4.78, 5) is 0. The van der Waals surface area contributed by atoms with Gasteiger partial charge < -0.3 is 0 Å². The summed E-state index contributed by atoms with van der Waals surface area (Å²) in [6, 6.07) is 0. The first-order chi connectivity index (χ1) is 24.9. The maximum atomic E-state index is 3.81. The fourth-order valence-corrected chi connectivity index (χ4v) is 7.84. The topological polar surface area (TPSA) is 0 Å². The maximum Gasteiger partial charge on any atom is -0.0351 e. The molecule has 0 heteroatoms. The smallest absolute Gasteiger partial charge is 0.0351 e. The second kappa shape index (κ2) is 48.5. The Morgan fingerprint density at radius 3 is 0.560 bits per heavy atom. The summed E-state index contributed by atoms with van der Waals surface area (Å²) in [6.07, 6.45) is 72.4. The fraction of sp³-hybridized carbons (Fsp3) is 0.920. The Balaban J connectivity index is 3.09. The third-order valence-electron chi connectivity index (χ3n) is 11.4. The van der Waals surface area contributed by atoms with Crippen LogP contribution < -0.4 is 0 Å². The van der Waals surface area contributed by atoms with Gasteiger partial charge in [0.25, 0.3) is 0 Å². The quantitative estimate of drug-likeness (QED) is 0.0438. The van der Waals surface area contributed by atoms with Crippen molar-refractivity contribution in [3.8, 4) is 0 Å². The van der Waals surface area contributed by atoms with Crippen molar-refractivity contribution in [3.05, 3.63) is 24.8 Å². The molecular formula is C50H98. The van der Waals surface area contributed by atoms with Crippen LogP contribution in [0.1, 0.15) is 296 Å². The van der Waals surface area contributed by atoms with Gasteiger partial charge in [-0.1, -0.05) is 276 Å². The first-order valence-corrected chi connectivity index (χ1v) is 24.2. The second-order valence-corrected chi connectivity index (χ2v) is 16.6. The van der Waals surface area contributed by atoms with E-state index < -0.39 is 0 Å². The van der Waals surface area contributed by atoms with Gasteiger partial charge in [-0.3, -0.25) is 0 Å². The van der Waals surface area contributed by atoms with Gasteiger partial charge in [-0.2, -0.15) is 0 Å². The van der Waals surface area contributed by atoms with Gasteiger partial charge in [0.05, 0.1) is 0 Å². The minimum atomic E-state index is 1.21. The SMILES string of the molecule is C=CCCCCCCCCCCCCCCCCCCCCCCC=CCCCCCCCCCCCCCCCCCCCCCCCC. The first-order valence-electron chi connectivity index (χ1n) is 24.2. The van der Waals surface area contributed by atoms with Crippen molar-refractivity contribution in [3.63, 3.8) is 0 Å². The van der Waals surface area contributed by atoms with Crippen molar-refractivity contribution in [1.29, 1.82) is 0 Å². The molecule has 0 saturated heterocycles. The first kappa shape index (κ1) is 49.5. The molecule has 0 aliphatic carbocycles. The van der Waals surface area contributed by atoms with Gasteiger partial charge in [-0.05, 0) is 38.5 Å². The second-order valence-electron chi connectivity index (χ2n) is 16.6. The molecule has 0 atom stereocenters. The molecule has 0 aromatic carbocycles. The van der Waals surface area contributed by atoms with E-state index in [4.69, 9.17) is 0 Å². The highest BCUT2D eigenvalue weighted by atomic mass is 14.0. The highest BCUT2D eigenvalue weighted by molar-refractivity contribution is 4.81. The van der Waals surface area contributed by atoms with Crippen molar-refractivity contribution in [1.82, 2.24) is 0 Å². The predicted molar refractivity (Wildman–Crippen MR) is 233 cm³/mol. The van der Waals surface area contributed by atoms with Crippen LogP contribution >= 0.6 is 0 Å². The van der Waals surface area contributed by atoms with Gasteiger partial charge in [0.15, 0.2) is 0 Å². The van der Waals surface area contributed by atoms with Crippen LogP contribution in [-0.4, -0.2) is 0 Å². The third-order valence-corrected chi connectivity index (χ3v) is 11.4. The zero-order valence-corrected chi connectivity index (χ0v) is 35.3. The molecule has 0 heterocycles. The molecule has 0 aliphatic heterocycles. The summed E-state index contributed by atoms with van der Waals surface area (Å²) in [7, 11) is 0. The molecule has 0 bridgehead atoms. The molecule has 0 rings (SSSR count). The molecule has 50 heavy (non-hydrogen) atoms. The number of allylic oxidation sites excluding steroid dienone is 3. The summed E-state index contributed by atoms with van der Waals surface area (Å²) < 4.78 is 0. The zero-order valence-electron chi connectivity index (χ0n) is 35.3. The lowest BCUT2D eigenvalue weighted by Crippen LogP contribution is -1.84. The summed E-state index contributed by atoms with van der Waals surface area (Å²) in [6.45, 7) is 6.12. The van der Waals surface area contributed by atoms with E-state index in [-0.39, 0.29) is 0 Å². The summed E-state index contributed by atoms with van der Waals surface area (Å²) >= 11 is 0. The summed E-state index contributed by atoms with van der Waals surface area (Å²) in [5.41, 5.74) is 0. The van der Waals surface area contributed by atoms with Gasteiger partial charge in [-0.15, -0.1) is 6.58 Å². The molecule has 0 saturated carbocycles. The van der Waals surface area contributed by atoms with Crippen molar-refractivity contribution >= 4 is 0 Å². The van der Waals surface area contributed by atoms with Crippen LogP contribution in [0.25, 0.3) is 0 Å². The van der Waals surface area contributed by atoms with Crippen LogP contribution in [-0.2, 0) is 0 Å². The average molecular weight is 699 g/mol. The number of hydrogen-bond acceptors (Lipinski definition) is 0. The van der Waals surface area contributed by atoms with Gasteiger partial charge in [0, 0.05) is 0 Å². The molecule has 0 fully saturated rings. The molecule has 0 N–H and O–H groups in total. The van der Waals surface area contributed by atoms with Crippen molar-refractivity contribution in [2.75, 3.05) is 0 Å². The molecule has 298 valence electrons. The van der Waals surface area contributed by atoms with Crippen LogP contribution in [0.4, 0.5) is 0 Å². The van der Waals surface area contributed by atoms with E-state index in [2.05, 4.69) is 31.7 Å². The Morgan fingerprint density at radius 1 is 0.220 bits per heavy atom. The van der Waals surface area contributed by atoms with E-state index in [0.717, 1.165) is 0 Å². The molecule has 0 aliphatic rings. The van der Waals surface area contributed by atoms with Gasteiger partial charge in [0.2, 0.25) is 0 Å². The van der Waals surface area contributed by atoms with Gasteiger partial charge in [-0.25, -0.2) is 0 Å². The third kappa shape index (κ3) is 47.5. The lowest BCUT2D eigenvalue weighted by atomic mass is 10.0. The van der Waals surface area contributed by atoms with Gasteiger partial charge >= 0.3 is 0 Å². The Hall–Kier alpha value is -0.520. The molecule has 0 aromatic rings. The van der Waals surface area contributed by atoms with E-state index in [1.165, 1.54) is 289 Å².